The van der Waals surface area contributed by atoms with Gasteiger partial charge in [-0.3, -0.25) is 9.59 Å². The van der Waals surface area contributed by atoms with Crippen LogP contribution in [0.25, 0.3) is 0 Å². The highest BCUT2D eigenvalue weighted by atomic mass is 16.5. The van der Waals surface area contributed by atoms with Gasteiger partial charge in [-0.15, -0.1) is 0 Å². The summed E-state index contributed by atoms with van der Waals surface area (Å²) in [5.74, 6) is 0.194. The molecule has 6 heteroatoms. The lowest BCUT2D eigenvalue weighted by molar-refractivity contribution is -0.149. The second-order valence-electron chi connectivity index (χ2n) is 7.04. The van der Waals surface area contributed by atoms with E-state index in [1.54, 1.807) is 17.0 Å². The molecule has 2 aliphatic rings. The molecule has 1 aliphatic carbocycles. The Morgan fingerprint density at radius 2 is 2.00 bits per heavy atom. The number of pyridine rings is 1. The zero-order valence-electron chi connectivity index (χ0n) is 14.3. The monoisotopic (exact) mass is 352 g/mol. The summed E-state index contributed by atoms with van der Waals surface area (Å²) in [5.41, 5.74) is -0.315. The number of rotatable bonds is 4. The van der Waals surface area contributed by atoms with Gasteiger partial charge in [0.25, 0.3) is 5.91 Å². The van der Waals surface area contributed by atoms with Gasteiger partial charge in [-0.25, -0.2) is 4.98 Å². The number of benzene rings is 1. The van der Waals surface area contributed by atoms with Crippen LogP contribution in [0.1, 0.15) is 29.6 Å². The van der Waals surface area contributed by atoms with Crippen molar-refractivity contribution in [3.05, 3.63) is 54.2 Å². The van der Waals surface area contributed by atoms with Crippen molar-refractivity contribution >= 4 is 11.9 Å². The minimum absolute atomic E-state index is 0.0533. The first kappa shape index (κ1) is 16.6. The molecule has 1 amide bonds. The van der Waals surface area contributed by atoms with E-state index in [2.05, 4.69) is 4.98 Å². The van der Waals surface area contributed by atoms with Crippen molar-refractivity contribution in [3.8, 4) is 11.6 Å². The van der Waals surface area contributed by atoms with Gasteiger partial charge in [0.05, 0.1) is 11.0 Å². The van der Waals surface area contributed by atoms with Crippen LogP contribution >= 0.6 is 0 Å². The first-order chi connectivity index (χ1) is 12.6. The SMILES string of the molecule is O=C(c1ccc(Oc2ccccc2)nc1)N1C[C@@H]2CCC[C@@]2(C(=O)O)C1. The average Bonchev–Trinajstić information content (AvgIpc) is 3.21. The number of carbonyl (C=O) groups excluding carboxylic acids is 1. The van der Waals surface area contributed by atoms with Crippen LogP contribution < -0.4 is 4.74 Å². The maximum atomic E-state index is 12.8. The summed E-state index contributed by atoms with van der Waals surface area (Å²) < 4.78 is 5.63. The molecule has 2 heterocycles. The molecule has 2 fully saturated rings. The molecule has 1 saturated heterocycles. The Hall–Kier alpha value is -2.89. The lowest BCUT2D eigenvalue weighted by Gasteiger charge is -2.23. The highest BCUT2D eigenvalue weighted by Crippen LogP contribution is 2.49. The minimum atomic E-state index is -0.778. The predicted octanol–water partition coefficient (Wildman–Crippen LogP) is 3.20. The molecule has 2 aromatic rings. The van der Waals surface area contributed by atoms with E-state index in [4.69, 9.17) is 4.74 Å². The van der Waals surface area contributed by atoms with Crippen LogP contribution in [0.15, 0.2) is 48.7 Å². The smallest absolute Gasteiger partial charge is 0.311 e. The van der Waals surface area contributed by atoms with Gasteiger partial charge in [0.1, 0.15) is 5.75 Å². The van der Waals surface area contributed by atoms with Gasteiger partial charge >= 0.3 is 5.97 Å². The van der Waals surface area contributed by atoms with Crippen LogP contribution in [-0.4, -0.2) is 40.0 Å². The maximum absolute atomic E-state index is 12.8. The Morgan fingerprint density at radius 1 is 1.19 bits per heavy atom. The highest BCUT2D eigenvalue weighted by Gasteiger charge is 2.55. The van der Waals surface area contributed by atoms with Crippen LogP contribution in [0.3, 0.4) is 0 Å². The van der Waals surface area contributed by atoms with Crippen molar-refractivity contribution in [1.29, 1.82) is 0 Å². The number of ether oxygens (including phenoxy) is 1. The minimum Gasteiger partial charge on any atom is -0.481 e. The van der Waals surface area contributed by atoms with Gasteiger partial charge < -0.3 is 14.7 Å². The van der Waals surface area contributed by atoms with Gasteiger partial charge in [0.2, 0.25) is 5.88 Å². The predicted molar refractivity (Wildman–Crippen MR) is 94.1 cm³/mol. The van der Waals surface area contributed by atoms with Crippen molar-refractivity contribution in [2.75, 3.05) is 13.1 Å². The molecule has 0 unspecified atom stereocenters. The van der Waals surface area contributed by atoms with Gasteiger partial charge in [-0.1, -0.05) is 24.6 Å². The molecule has 2 atom stereocenters. The molecule has 134 valence electrons. The van der Waals surface area contributed by atoms with Gasteiger partial charge in [0.15, 0.2) is 0 Å². The summed E-state index contributed by atoms with van der Waals surface area (Å²) in [6.45, 7) is 0.793. The maximum Gasteiger partial charge on any atom is 0.311 e. The van der Waals surface area contributed by atoms with Gasteiger partial charge in [-0.2, -0.15) is 0 Å². The third kappa shape index (κ3) is 2.81. The normalized spacial score (nSPS) is 24.3. The summed E-state index contributed by atoms with van der Waals surface area (Å²) in [5, 5.41) is 9.65. The number of hydrogen-bond donors (Lipinski definition) is 1. The Bertz CT molecular complexity index is 821. The van der Waals surface area contributed by atoms with E-state index in [1.165, 1.54) is 6.20 Å². The van der Waals surface area contributed by atoms with E-state index in [0.717, 1.165) is 12.8 Å². The van der Waals surface area contributed by atoms with E-state index in [1.807, 2.05) is 30.3 Å². The number of aliphatic carboxylic acids is 1. The van der Waals surface area contributed by atoms with E-state index in [0.29, 0.717) is 30.2 Å². The first-order valence-corrected chi connectivity index (χ1v) is 8.80. The molecular weight excluding hydrogens is 332 g/mol. The van der Waals surface area contributed by atoms with Crippen LogP contribution in [-0.2, 0) is 4.79 Å². The molecule has 26 heavy (non-hydrogen) atoms. The third-order valence-corrected chi connectivity index (χ3v) is 5.53. The number of likely N-dealkylation sites (tertiary alicyclic amines) is 1. The van der Waals surface area contributed by atoms with Crippen LogP contribution in [0.2, 0.25) is 0 Å². The van der Waals surface area contributed by atoms with E-state index in [-0.39, 0.29) is 18.4 Å². The largest absolute Gasteiger partial charge is 0.481 e. The van der Waals surface area contributed by atoms with Crippen molar-refractivity contribution in [1.82, 2.24) is 9.88 Å². The summed E-state index contributed by atoms with van der Waals surface area (Å²) in [7, 11) is 0. The third-order valence-electron chi connectivity index (χ3n) is 5.53. The number of hydrogen-bond acceptors (Lipinski definition) is 4. The van der Waals surface area contributed by atoms with Crippen molar-refractivity contribution in [2.45, 2.75) is 19.3 Å². The molecule has 0 spiro atoms. The van der Waals surface area contributed by atoms with E-state index in [9.17, 15) is 14.7 Å². The topological polar surface area (TPSA) is 79.7 Å². The lowest BCUT2D eigenvalue weighted by Crippen LogP contribution is -2.37. The second-order valence-corrected chi connectivity index (χ2v) is 7.04. The second kappa shape index (κ2) is 6.44. The number of carbonyl (C=O) groups is 2. The molecule has 1 N–H and O–H groups in total. The Morgan fingerprint density at radius 3 is 2.65 bits per heavy atom. The fourth-order valence-corrected chi connectivity index (χ4v) is 4.15. The number of carboxylic acids is 1. The summed E-state index contributed by atoms with van der Waals surface area (Å²) in [6.07, 6.45) is 3.94. The van der Waals surface area contributed by atoms with E-state index < -0.39 is 11.4 Å². The van der Waals surface area contributed by atoms with Gasteiger partial charge in [-0.05, 0) is 37.0 Å². The first-order valence-electron chi connectivity index (χ1n) is 8.80. The quantitative estimate of drug-likeness (QED) is 0.914. The number of carboxylic acid groups (broad SMARTS) is 1. The van der Waals surface area contributed by atoms with Crippen molar-refractivity contribution in [2.24, 2.45) is 11.3 Å². The summed E-state index contributed by atoms with van der Waals surface area (Å²) in [6, 6.07) is 12.6. The standard InChI is InChI=1S/C20H20N2O4/c23-18(22-12-15-5-4-10-20(15,13-22)19(24)25)14-8-9-17(21-11-14)26-16-6-2-1-3-7-16/h1-3,6-9,11,15H,4-5,10,12-13H2,(H,24,25)/t15-,20+/m0/s1. The van der Waals surface area contributed by atoms with Crippen LogP contribution in [0.4, 0.5) is 0 Å². The summed E-state index contributed by atoms with van der Waals surface area (Å²) >= 11 is 0. The van der Waals surface area contributed by atoms with Gasteiger partial charge in [0, 0.05) is 25.4 Å². The molecular formula is C20H20N2O4. The molecule has 4 rings (SSSR count). The molecule has 0 radical (unpaired) electrons. The Balaban J connectivity index is 1.46. The number of nitrogens with zero attached hydrogens (tertiary/aromatic N) is 2. The number of amides is 1. The lowest BCUT2D eigenvalue weighted by atomic mass is 9.81. The molecule has 1 aromatic carbocycles. The molecule has 1 aromatic heterocycles. The van der Waals surface area contributed by atoms with Crippen molar-refractivity contribution in [3.63, 3.8) is 0 Å². The summed E-state index contributed by atoms with van der Waals surface area (Å²) in [4.78, 5) is 30.4. The molecule has 1 aliphatic heterocycles. The average molecular weight is 352 g/mol. The Kier molecular flexibility index (Phi) is 4.11. The number of aromatic nitrogens is 1. The zero-order valence-corrected chi connectivity index (χ0v) is 14.3. The number of para-hydroxylation sites is 1. The highest BCUT2D eigenvalue weighted by molar-refractivity contribution is 5.95. The van der Waals surface area contributed by atoms with Crippen LogP contribution in [0, 0.1) is 11.3 Å². The molecule has 6 nitrogen and oxygen atoms in total. The number of fused-ring (bicyclic) bond motifs is 1. The van der Waals surface area contributed by atoms with Crippen molar-refractivity contribution < 1.29 is 19.4 Å². The molecule has 0 bridgehead atoms. The Labute approximate surface area is 151 Å². The fraction of sp³-hybridized carbons (Fsp3) is 0.350. The van der Waals surface area contributed by atoms with Crippen LogP contribution in [0.5, 0.6) is 11.6 Å². The molecule has 1 saturated carbocycles. The van der Waals surface area contributed by atoms with E-state index >= 15 is 0 Å². The fourth-order valence-electron chi connectivity index (χ4n) is 4.15. The zero-order chi connectivity index (χ0) is 18.1.